The third-order valence-electron chi connectivity index (χ3n) is 5.85. The van der Waals surface area contributed by atoms with E-state index in [-0.39, 0.29) is 23.3 Å². The lowest BCUT2D eigenvalue weighted by Crippen LogP contribution is -2.34. The number of pyridine rings is 1. The Bertz CT molecular complexity index is 1290. The zero-order valence-electron chi connectivity index (χ0n) is 17.2. The van der Waals surface area contributed by atoms with Crippen LogP contribution >= 0.6 is 11.6 Å². The third kappa shape index (κ3) is 3.34. The third-order valence-corrected chi connectivity index (χ3v) is 6.17. The number of ether oxygens (including phenoxy) is 1. The first-order valence-electron chi connectivity index (χ1n) is 10.1. The maximum absolute atomic E-state index is 15.9. The Labute approximate surface area is 184 Å². The van der Waals surface area contributed by atoms with Gasteiger partial charge in [-0.1, -0.05) is 41.9 Å². The van der Waals surface area contributed by atoms with E-state index in [9.17, 15) is 0 Å². The van der Waals surface area contributed by atoms with Crippen LogP contribution in [-0.4, -0.2) is 48.2 Å². The fraction of sp³-hybridized carbons (Fsp3) is 0.261. The lowest BCUT2D eigenvalue weighted by atomic mass is 10.0. The molecule has 1 saturated heterocycles. The minimum atomic E-state index is -0.523. The topological polar surface area (TPSA) is 63.2 Å². The van der Waals surface area contributed by atoms with Crippen LogP contribution in [-0.2, 0) is 0 Å². The molecule has 158 valence electrons. The number of halogens is 2. The van der Waals surface area contributed by atoms with Gasteiger partial charge in [0.1, 0.15) is 17.0 Å². The first-order chi connectivity index (χ1) is 15.1. The van der Waals surface area contributed by atoms with E-state index in [1.807, 2.05) is 42.3 Å². The number of nitrogens with one attached hydrogen (secondary N) is 1. The second kappa shape index (κ2) is 7.90. The molecule has 0 radical (unpaired) electrons. The Morgan fingerprint density at radius 1 is 1.19 bits per heavy atom. The number of anilines is 1. The molecule has 0 aliphatic carbocycles. The van der Waals surface area contributed by atoms with Crippen molar-refractivity contribution in [3.8, 4) is 17.3 Å². The zero-order chi connectivity index (χ0) is 21.5. The summed E-state index contributed by atoms with van der Waals surface area (Å²) in [5, 5.41) is 6.11. The highest BCUT2D eigenvalue weighted by atomic mass is 35.5. The predicted molar refractivity (Wildman–Crippen MR) is 121 cm³/mol. The summed E-state index contributed by atoms with van der Waals surface area (Å²) < 4.78 is 21.2. The van der Waals surface area contributed by atoms with Gasteiger partial charge in [0.2, 0.25) is 0 Å². The number of likely N-dealkylation sites (N-methyl/N-ethyl adjacent to an activating group) is 1. The van der Waals surface area contributed by atoms with Gasteiger partial charge in [0, 0.05) is 41.8 Å². The van der Waals surface area contributed by atoms with Crippen molar-refractivity contribution in [2.45, 2.75) is 12.5 Å². The molecule has 0 amide bonds. The molecule has 2 aromatic carbocycles. The molecule has 4 aromatic rings. The second-order valence-corrected chi connectivity index (χ2v) is 8.03. The van der Waals surface area contributed by atoms with Crippen LogP contribution in [0.1, 0.15) is 6.42 Å². The summed E-state index contributed by atoms with van der Waals surface area (Å²) in [6, 6.07) is 11.6. The fourth-order valence-corrected chi connectivity index (χ4v) is 4.49. The highest BCUT2D eigenvalue weighted by Crippen LogP contribution is 2.37. The van der Waals surface area contributed by atoms with Gasteiger partial charge >= 0.3 is 6.01 Å². The standard InChI is InChI=1S/C23H21ClFN5O/c1-30(14-9-10-26-11-14)22-16-12-27-20(19(25)21(16)28-23(29-22)31-2)15-7-3-5-13-6-4-8-17(24)18(13)15/h3-8,12,14,26H,9-11H2,1-2H3. The molecule has 5 rings (SSSR count). The largest absolute Gasteiger partial charge is 0.467 e. The Kier molecular flexibility index (Phi) is 5.08. The van der Waals surface area contributed by atoms with Crippen molar-refractivity contribution in [2.24, 2.45) is 0 Å². The summed E-state index contributed by atoms with van der Waals surface area (Å²) in [5.74, 6) is 0.0780. The van der Waals surface area contributed by atoms with Gasteiger partial charge in [-0.05, 0) is 24.4 Å². The van der Waals surface area contributed by atoms with Crippen LogP contribution in [0.25, 0.3) is 32.9 Å². The number of fused-ring (bicyclic) bond motifs is 2. The minimum Gasteiger partial charge on any atom is -0.467 e. The van der Waals surface area contributed by atoms with Crippen LogP contribution in [0.3, 0.4) is 0 Å². The van der Waals surface area contributed by atoms with Gasteiger partial charge in [-0.15, -0.1) is 0 Å². The molecule has 1 N–H and O–H groups in total. The molecular formula is C23H21ClFN5O. The van der Waals surface area contributed by atoms with Crippen LogP contribution in [0.2, 0.25) is 5.02 Å². The van der Waals surface area contributed by atoms with E-state index < -0.39 is 5.82 Å². The number of aromatic nitrogens is 3. The van der Waals surface area contributed by atoms with E-state index in [1.54, 1.807) is 12.3 Å². The summed E-state index contributed by atoms with van der Waals surface area (Å²) in [4.78, 5) is 15.4. The highest BCUT2D eigenvalue weighted by Gasteiger charge is 2.25. The van der Waals surface area contributed by atoms with Crippen molar-refractivity contribution in [1.82, 2.24) is 20.3 Å². The number of rotatable bonds is 4. The smallest absolute Gasteiger partial charge is 0.318 e. The molecule has 2 aromatic heterocycles. The van der Waals surface area contributed by atoms with Gasteiger partial charge in [0.25, 0.3) is 0 Å². The maximum Gasteiger partial charge on any atom is 0.318 e. The van der Waals surface area contributed by atoms with Gasteiger partial charge in [0.15, 0.2) is 5.82 Å². The molecule has 8 heteroatoms. The van der Waals surface area contributed by atoms with Crippen molar-refractivity contribution >= 4 is 39.1 Å². The predicted octanol–water partition coefficient (Wildman–Crippen LogP) is 4.44. The molecular weight excluding hydrogens is 417 g/mol. The Hall–Kier alpha value is -3.03. The Balaban J connectivity index is 1.74. The van der Waals surface area contributed by atoms with Crippen molar-refractivity contribution in [3.63, 3.8) is 0 Å². The van der Waals surface area contributed by atoms with Crippen molar-refractivity contribution in [2.75, 3.05) is 32.1 Å². The molecule has 0 bridgehead atoms. The van der Waals surface area contributed by atoms with Crippen LogP contribution in [0.15, 0.2) is 42.6 Å². The highest BCUT2D eigenvalue weighted by molar-refractivity contribution is 6.36. The van der Waals surface area contributed by atoms with Gasteiger partial charge in [-0.3, -0.25) is 4.98 Å². The van der Waals surface area contributed by atoms with E-state index in [1.165, 1.54) is 7.11 Å². The SMILES string of the molecule is COc1nc(N(C)C2CCNC2)c2cnc(-c3cccc4cccc(Cl)c34)c(F)c2n1. The summed E-state index contributed by atoms with van der Waals surface area (Å²) in [5.41, 5.74) is 0.992. The van der Waals surface area contributed by atoms with Crippen molar-refractivity contribution in [1.29, 1.82) is 0 Å². The lowest BCUT2D eigenvalue weighted by Gasteiger charge is -2.26. The summed E-state index contributed by atoms with van der Waals surface area (Å²) in [6.45, 7) is 1.78. The molecule has 1 atom stereocenters. The molecule has 6 nitrogen and oxygen atoms in total. The Morgan fingerprint density at radius 3 is 2.74 bits per heavy atom. The quantitative estimate of drug-likeness (QED) is 0.509. The number of benzene rings is 2. The van der Waals surface area contributed by atoms with E-state index in [4.69, 9.17) is 16.3 Å². The van der Waals surface area contributed by atoms with Crippen LogP contribution in [0.5, 0.6) is 6.01 Å². The molecule has 1 fully saturated rings. The maximum atomic E-state index is 15.9. The van der Waals surface area contributed by atoms with Gasteiger partial charge in [-0.2, -0.15) is 9.97 Å². The van der Waals surface area contributed by atoms with E-state index in [0.717, 1.165) is 30.3 Å². The minimum absolute atomic E-state index is 0.118. The number of nitrogens with zero attached hydrogens (tertiary/aromatic N) is 4. The molecule has 31 heavy (non-hydrogen) atoms. The molecule has 1 aliphatic rings. The van der Waals surface area contributed by atoms with Crippen molar-refractivity contribution < 1.29 is 9.13 Å². The van der Waals surface area contributed by atoms with Crippen LogP contribution in [0.4, 0.5) is 10.2 Å². The average Bonchev–Trinajstić information content (AvgIpc) is 3.33. The fourth-order valence-electron chi connectivity index (χ4n) is 4.21. The number of hydrogen-bond acceptors (Lipinski definition) is 6. The molecule has 0 spiro atoms. The zero-order valence-corrected chi connectivity index (χ0v) is 17.9. The first-order valence-corrected chi connectivity index (χ1v) is 10.5. The van der Waals surface area contributed by atoms with E-state index >= 15 is 4.39 Å². The van der Waals surface area contributed by atoms with E-state index in [2.05, 4.69) is 20.3 Å². The van der Waals surface area contributed by atoms with Crippen molar-refractivity contribution in [3.05, 3.63) is 53.4 Å². The molecule has 1 unspecified atom stereocenters. The first kappa shape index (κ1) is 19.9. The monoisotopic (exact) mass is 437 g/mol. The number of methoxy groups -OCH3 is 1. The van der Waals surface area contributed by atoms with Crippen LogP contribution in [0, 0.1) is 5.82 Å². The molecule has 0 saturated carbocycles. The van der Waals surface area contributed by atoms with Gasteiger partial charge < -0.3 is 15.0 Å². The van der Waals surface area contributed by atoms with Crippen LogP contribution < -0.4 is 15.0 Å². The lowest BCUT2D eigenvalue weighted by molar-refractivity contribution is 0.381. The average molecular weight is 438 g/mol. The summed E-state index contributed by atoms with van der Waals surface area (Å²) >= 11 is 6.46. The summed E-state index contributed by atoms with van der Waals surface area (Å²) in [7, 11) is 3.43. The van der Waals surface area contributed by atoms with E-state index in [0.29, 0.717) is 21.8 Å². The van der Waals surface area contributed by atoms with Gasteiger partial charge in [0.05, 0.1) is 12.5 Å². The molecule has 1 aliphatic heterocycles. The Morgan fingerprint density at radius 2 is 2.00 bits per heavy atom. The van der Waals surface area contributed by atoms with Gasteiger partial charge in [-0.25, -0.2) is 4.39 Å². The second-order valence-electron chi connectivity index (χ2n) is 7.62. The number of hydrogen-bond donors (Lipinski definition) is 1. The molecule has 3 heterocycles. The normalized spacial score (nSPS) is 16.2. The summed E-state index contributed by atoms with van der Waals surface area (Å²) in [6.07, 6.45) is 2.61.